The highest BCUT2D eigenvalue weighted by Crippen LogP contribution is 2.33. The Bertz CT molecular complexity index is 1370. The van der Waals surface area contributed by atoms with E-state index in [0.29, 0.717) is 22.7 Å². The minimum absolute atomic E-state index is 0.168. The van der Waals surface area contributed by atoms with Gasteiger partial charge in [-0.2, -0.15) is 0 Å². The number of nitrogens with zero attached hydrogens (tertiary/aromatic N) is 2. The van der Waals surface area contributed by atoms with Crippen molar-refractivity contribution in [2.24, 2.45) is 4.99 Å². The van der Waals surface area contributed by atoms with E-state index in [0.717, 1.165) is 23.8 Å². The van der Waals surface area contributed by atoms with Gasteiger partial charge in [-0.05, 0) is 71.1 Å². The minimum Gasteiger partial charge on any atom is -0.507 e. The molecule has 0 aliphatic carbocycles. The maximum absolute atomic E-state index is 12.5. The molecule has 0 aliphatic rings. The first-order valence-corrected chi connectivity index (χ1v) is 12.9. The molecule has 0 unspecified atom stereocenters. The van der Waals surface area contributed by atoms with Crippen LogP contribution in [0.15, 0.2) is 63.9 Å². The lowest BCUT2D eigenvalue weighted by Gasteiger charge is -2.11. The number of aromatic nitrogens is 1. The van der Waals surface area contributed by atoms with Crippen LogP contribution >= 0.6 is 45.7 Å². The van der Waals surface area contributed by atoms with Crippen molar-refractivity contribution in [3.05, 3.63) is 63.7 Å². The Balaban J connectivity index is 1.42. The highest BCUT2D eigenvalue weighted by molar-refractivity contribution is 14.1. The molecule has 0 spiro atoms. The van der Waals surface area contributed by atoms with Crippen molar-refractivity contribution in [1.82, 2.24) is 4.98 Å². The molecule has 4 aromatic rings. The zero-order chi connectivity index (χ0) is 24.1. The van der Waals surface area contributed by atoms with Gasteiger partial charge in [0.15, 0.2) is 4.34 Å². The number of carbonyl (C=O) groups is 1. The molecule has 1 amide bonds. The van der Waals surface area contributed by atoms with Crippen LogP contribution in [0.25, 0.3) is 10.2 Å². The van der Waals surface area contributed by atoms with Gasteiger partial charge in [0.25, 0.3) is 0 Å². The van der Waals surface area contributed by atoms with Crippen LogP contribution in [0.5, 0.6) is 17.2 Å². The third-order valence-corrected chi connectivity index (χ3v) is 7.53. The number of rotatable bonds is 8. The normalized spacial score (nSPS) is 11.1. The number of aliphatic imine (C=N–C) groups is 1. The summed E-state index contributed by atoms with van der Waals surface area (Å²) in [5.41, 5.74) is 2.82. The van der Waals surface area contributed by atoms with Crippen molar-refractivity contribution >= 4 is 79.4 Å². The summed E-state index contributed by atoms with van der Waals surface area (Å²) in [5, 5.41) is 12.9. The summed E-state index contributed by atoms with van der Waals surface area (Å²) in [4.78, 5) is 21.6. The number of ether oxygens (including phenoxy) is 2. The largest absolute Gasteiger partial charge is 0.507 e. The van der Waals surface area contributed by atoms with Gasteiger partial charge in [0, 0.05) is 21.4 Å². The highest BCUT2D eigenvalue weighted by atomic mass is 127. The molecule has 34 heavy (non-hydrogen) atoms. The molecule has 2 N–H and O–H groups in total. The van der Waals surface area contributed by atoms with Crippen LogP contribution in [-0.2, 0) is 4.79 Å². The Morgan fingerprint density at radius 3 is 2.82 bits per heavy atom. The number of hydrogen-bond donors (Lipinski definition) is 2. The molecule has 1 heterocycles. The molecule has 0 saturated heterocycles. The molecular formula is C24H20IN3O4S2. The molecule has 0 fully saturated rings. The molecule has 0 radical (unpaired) electrons. The van der Waals surface area contributed by atoms with E-state index >= 15 is 0 Å². The predicted octanol–water partition coefficient (Wildman–Crippen LogP) is 6.11. The fraction of sp³-hybridized carbons (Fsp3) is 0.125. The number of halogens is 1. The number of hydrogen-bond acceptors (Lipinski definition) is 8. The monoisotopic (exact) mass is 605 g/mol. The topological polar surface area (TPSA) is 93.0 Å². The number of anilines is 1. The average molecular weight is 605 g/mol. The fourth-order valence-corrected chi connectivity index (χ4v) is 5.45. The van der Waals surface area contributed by atoms with Crippen LogP contribution in [-0.4, -0.2) is 42.2 Å². The lowest BCUT2D eigenvalue weighted by molar-refractivity contribution is -0.113. The second-order valence-electron chi connectivity index (χ2n) is 7.00. The molecule has 0 saturated carbocycles. The van der Waals surface area contributed by atoms with E-state index in [1.165, 1.54) is 23.1 Å². The van der Waals surface area contributed by atoms with Gasteiger partial charge in [0.2, 0.25) is 5.91 Å². The Labute approximate surface area is 218 Å². The van der Waals surface area contributed by atoms with Gasteiger partial charge < -0.3 is 19.9 Å². The Morgan fingerprint density at radius 1 is 1.18 bits per heavy atom. The van der Waals surface area contributed by atoms with Crippen molar-refractivity contribution in [2.75, 3.05) is 25.3 Å². The van der Waals surface area contributed by atoms with E-state index in [4.69, 9.17) is 9.47 Å². The first kappa shape index (κ1) is 24.3. The van der Waals surface area contributed by atoms with Crippen LogP contribution < -0.4 is 14.8 Å². The average Bonchev–Trinajstić information content (AvgIpc) is 3.25. The number of carbonyl (C=O) groups excluding carboxylic acids is 1. The zero-order valence-electron chi connectivity index (χ0n) is 18.2. The van der Waals surface area contributed by atoms with E-state index in [1.54, 1.807) is 44.7 Å². The number of methoxy groups -OCH3 is 2. The second-order valence-corrected chi connectivity index (χ2v) is 10.5. The van der Waals surface area contributed by atoms with Crippen LogP contribution in [0.3, 0.4) is 0 Å². The molecule has 4 rings (SSSR count). The molecule has 0 bridgehead atoms. The van der Waals surface area contributed by atoms with E-state index in [1.807, 2.05) is 30.3 Å². The Hall–Kier alpha value is -2.83. The van der Waals surface area contributed by atoms with Gasteiger partial charge in [-0.3, -0.25) is 9.79 Å². The van der Waals surface area contributed by atoms with Gasteiger partial charge in [0.1, 0.15) is 17.2 Å². The molecule has 0 aliphatic heterocycles. The van der Waals surface area contributed by atoms with Gasteiger partial charge in [0.05, 0.1) is 41.6 Å². The van der Waals surface area contributed by atoms with Crippen LogP contribution in [0.2, 0.25) is 0 Å². The number of thioether (sulfide) groups is 1. The molecule has 1 aromatic heterocycles. The van der Waals surface area contributed by atoms with Crippen LogP contribution in [0.1, 0.15) is 5.56 Å². The Morgan fingerprint density at radius 2 is 2.03 bits per heavy atom. The number of amides is 1. The molecule has 10 heteroatoms. The fourth-order valence-electron chi connectivity index (χ4n) is 3.03. The van der Waals surface area contributed by atoms with Gasteiger partial charge in [-0.25, -0.2) is 4.98 Å². The van der Waals surface area contributed by atoms with E-state index < -0.39 is 0 Å². The van der Waals surface area contributed by atoms with E-state index in [9.17, 15) is 9.90 Å². The quantitative estimate of drug-likeness (QED) is 0.143. The van der Waals surface area contributed by atoms with Gasteiger partial charge in [-0.15, -0.1) is 11.3 Å². The molecule has 3 aromatic carbocycles. The van der Waals surface area contributed by atoms with E-state index in [2.05, 4.69) is 37.9 Å². The standard InChI is InChI=1S/C24H20IN3O4S2/c1-31-17-5-8-21(32-2)19(11-17)27-23(30)13-33-24-28-18-6-4-16(10-22(18)34-24)26-12-14-9-15(25)3-7-20(14)29/h3-12,29H,13H2,1-2H3,(H,27,30). The number of fused-ring (bicyclic) bond motifs is 1. The number of phenolic OH excluding ortho intramolecular Hbond substituents is 1. The number of benzene rings is 3. The summed E-state index contributed by atoms with van der Waals surface area (Å²) < 4.78 is 13.3. The lowest BCUT2D eigenvalue weighted by atomic mass is 10.2. The zero-order valence-corrected chi connectivity index (χ0v) is 22.0. The summed E-state index contributed by atoms with van der Waals surface area (Å²) in [5.74, 6) is 1.42. The molecule has 7 nitrogen and oxygen atoms in total. The van der Waals surface area contributed by atoms with Crippen LogP contribution in [0, 0.1) is 3.57 Å². The van der Waals surface area contributed by atoms with E-state index in [-0.39, 0.29) is 17.4 Å². The third-order valence-electron chi connectivity index (χ3n) is 4.70. The summed E-state index contributed by atoms with van der Waals surface area (Å²) in [6.45, 7) is 0. The maximum Gasteiger partial charge on any atom is 0.234 e. The van der Waals surface area contributed by atoms with Crippen molar-refractivity contribution < 1.29 is 19.4 Å². The summed E-state index contributed by atoms with van der Waals surface area (Å²) in [7, 11) is 3.12. The molecule has 0 atom stereocenters. The smallest absolute Gasteiger partial charge is 0.234 e. The number of aromatic hydroxyl groups is 1. The number of phenols is 1. The van der Waals surface area contributed by atoms with Crippen molar-refractivity contribution in [3.63, 3.8) is 0 Å². The van der Waals surface area contributed by atoms with Crippen molar-refractivity contribution in [1.29, 1.82) is 0 Å². The van der Waals surface area contributed by atoms with Gasteiger partial charge >= 0.3 is 0 Å². The molecule has 174 valence electrons. The first-order chi connectivity index (χ1) is 16.4. The SMILES string of the molecule is COc1ccc(OC)c(NC(=O)CSc2nc3ccc(N=Cc4cc(I)ccc4O)cc3s2)c1. The number of nitrogens with one attached hydrogen (secondary N) is 1. The Kier molecular flexibility index (Phi) is 7.91. The first-order valence-electron chi connectivity index (χ1n) is 10.0. The number of thiazole rings is 1. The summed E-state index contributed by atoms with van der Waals surface area (Å²) in [6, 6.07) is 16.3. The second kappa shape index (κ2) is 11.1. The highest BCUT2D eigenvalue weighted by Gasteiger charge is 2.12. The van der Waals surface area contributed by atoms with Gasteiger partial charge in [-0.1, -0.05) is 11.8 Å². The third kappa shape index (κ3) is 5.99. The summed E-state index contributed by atoms with van der Waals surface area (Å²) >= 11 is 5.06. The maximum atomic E-state index is 12.5. The van der Waals surface area contributed by atoms with Crippen molar-refractivity contribution in [3.8, 4) is 17.2 Å². The molecular weight excluding hydrogens is 585 g/mol. The lowest BCUT2D eigenvalue weighted by Crippen LogP contribution is -2.14. The predicted molar refractivity (Wildman–Crippen MR) is 147 cm³/mol. The summed E-state index contributed by atoms with van der Waals surface area (Å²) in [6.07, 6.45) is 1.65. The minimum atomic E-state index is -0.168. The van der Waals surface area contributed by atoms with Crippen LogP contribution in [0.4, 0.5) is 11.4 Å². The van der Waals surface area contributed by atoms with Crippen molar-refractivity contribution in [2.45, 2.75) is 4.34 Å².